The zero-order valence-corrected chi connectivity index (χ0v) is 12.9. The van der Waals surface area contributed by atoms with Crippen LogP contribution in [-0.2, 0) is 16.6 Å². The molecule has 0 amide bonds. The van der Waals surface area contributed by atoms with Gasteiger partial charge in [0.25, 0.3) is 0 Å². The number of hydrogen-bond acceptors (Lipinski definition) is 5. The lowest BCUT2D eigenvalue weighted by molar-refractivity contribution is 0.582. The maximum atomic E-state index is 12.4. The topological polar surface area (TPSA) is 101 Å². The molecule has 0 aliphatic carbocycles. The van der Waals surface area contributed by atoms with Crippen LogP contribution in [0, 0.1) is 6.92 Å². The second-order valence-corrected chi connectivity index (χ2v) is 7.34. The Morgan fingerprint density at radius 1 is 1.43 bits per heavy atom. The monoisotopic (exact) mass is 322 g/mol. The first-order valence-electron chi connectivity index (χ1n) is 6.23. The Morgan fingerprint density at radius 3 is 2.95 bits per heavy atom. The van der Waals surface area contributed by atoms with Crippen molar-refractivity contribution in [2.24, 2.45) is 0 Å². The van der Waals surface area contributed by atoms with Gasteiger partial charge in [-0.15, -0.1) is 11.3 Å². The highest BCUT2D eigenvalue weighted by molar-refractivity contribution is 7.89. The molecule has 0 unspecified atom stereocenters. The zero-order chi connectivity index (χ0) is 15.0. The number of hydrogen-bond donors (Lipinski definition) is 3. The van der Waals surface area contributed by atoms with Gasteiger partial charge in [-0.3, -0.25) is 0 Å². The van der Waals surface area contributed by atoms with Crippen LogP contribution in [0.15, 0.2) is 34.7 Å². The third-order valence-corrected chi connectivity index (χ3v) is 5.45. The maximum Gasteiger partial charge on any atom is 0.243 e. The predicted molar refractivity (Wildman–Crippen MR) is 83.6 cm³/mol. The quantitative estimate of drug-likeness (QED) is 0.639. The molecule has 6 nitrogen and oxygen atoms in total. The number of nitrogens with two attached hydrogens (primary N) is 1. The van der Waals surface area contributed by atoms with Crippen molar-refractivity contribution in [2.45, 2.75) is 18.4 Å². The van der Waals surface area contributed by atoms with Gasteiger partial charge >= 0.3 is 0 Å². The van der Waals surface area contributed by atoms with E-state index in [4.69, 9.17) is 5.73 Å². The van der Waals surface area contributed by atoms with Crippen molar-refractivity contribution in [3.63, 3.8) is 0 Å². The van der Waals surface area contributed by atoms with E-state index in [0.717, 1.165) is 16.2 Å². The Morgan fingerprint density at radius 2 is 2.24 bits per heavy atom. The van der Waals surface area contributed by atoms with E-state index >= 15 is 0 Å². The summed E-state index contributed by atoms with van der Waals surface area (Å²) in [6.07, 6.45) is 1.47. The van der Waals surface area contributed by atoms with Gasteiger partial charge in [0.05, 0.1) is 6.54 Å². The molecule has 0 aliphatic heterocycles. The van der Waals surface area contributed by atoms with Crippen LogP contribution in [0.25, 0.3) is 10.9 Å². The summed E-state index contributed by atoms with van der Waals surface area (Å²) in [4.78, 5) is 7.36. The number of aromatic amines is 1. The molecule has 3 aromatic rings. The molecule has 2 heterocycles. The molecule has 21 heavy (non-hydrogen) atoms. The van der Waals surface area contributed by atoms with Gasteiger partial charge in [-0.25, -0.2) is 18.1 Å². The van der Waals surface area contributed by atoms with Crippen LogP contribution in [0.2, 0.25) is 0 Å². The van der Waals surface area contributed by atoms with E-state index < -0.39 is 10.0 Å². The number of fused-ring (bicyclic) bond motifs is 1. The van der Waals surface area contributed by atoms with Crippen LogP contribution < -0.4 is 10.5 Å². The summed E-state index contributed by atoms with van der Waals surface area (Å²) in [6.45, 7) is 2.05. The summed E-state index contributed by atoms with van der Waals surface area (Å²) < 4.78 is 27.4. The molecule has 0 aliphatic rings. The third kappa shape index (κ3) is 2.78. The van der Waals surface area contributed by atoms with E-state index in [-0.39, 0.29) is 11.4 Å². The van der Waals surface area contributed by atoms with Gasteiger partial charge in [0, 0.05) is 33.9 Å². The van der Waals surface area contributed by atoms with Crippen LogP contribution in [0.5, 0.6) is 0 Å². The van der Waals surface area contributed by atoms with Gasteiger partial charge in [-0.2, -0.15) is 0 Å². The van der Waals surface area contributed by atoms with Crippen molar-refractivity contribution in [3.05, 3.63) is 40.5 Å². The number of nitrogens with zero attached hydrogens (tertiary/aromatic N) is 1. The Hall–Kier alpha value is -1.90. The number of rotatable bonds is 4. The average Bonchev–Trinajstić information content (AvgIpc) is 3.02. The van der Waals surface area contributed by atoms with Crippen molar-refractivity contribution in [3.8, 4) is 0 Å². The number of nitrogen functional groups attached to an aromatic ring is 1. The van der Waals surface area contributed by atoms with Crippen molar-refractivity contribution in [1.82, 2.24) is 14.7 Å². The maximum absolute atomic E-state index is 12.4. The van der Waals surface area contributed by atoms with Crippen LogP contribution in [0.3, 0.4) is 0 Å². The fourth-order valence-electron chi connectivity index (χ4n) is 2.05. The lowest BCUT2D eigenvalue weighted by Gasteiger charge is -2.04. The zero-order valence-electron chi connectivity index (χ0n) is 11.3. The molecule has 110 valence electrons. The minimum absolute atomic E-state index is 0.176. The van der Waals surface area contributed by atoms with Crippen molar-refractivity contribution >= 4 is 38.0 Å². The molecular formula is C13H14N4O2S2. The molecule has 1 aromatic carbocycles. The van der Waals surface area contributed by atoms with Crippen LogP contribution in [0.1, 0.15) is 10.7 Å². The molecule has 0 bridgehead atoms. The summed E-state index contributed by atoms with van der Waals surface area (Å²) in [5, 5.41) is 3.20. The first kappa shape index (κ1) is 14.1. The van der Waals surface area contributed by atoms with Crippen molar-refractivity contribution in [1.29, 1.82) is 0 Å². The molecule has 0 saturated carbocycles. The fraction of sp³-hybridized carbons (Fsp3) is 0.154. The van der Waals surface area contributed by atoms with Crippen LogP contribution in [-0.4, -0.2) is 18.4 Å². The van der Waals surface area contributed by atoms with Crippen molar-refractivity contribution in [2.75, 3.05) is 5.73 Å². The van der Waals surface area contributed by atoms with Gasteiger partial charge in [0.1, 0.15) is 9.90 Å². The smallest absolute Gasteiger partial charge is 0.243 e. The molecule has 0 spiro atoms. The Kier molecular flexibility index (Phi) is 3.44. The van der Waals surface area contributed by atoms with E-state index in [0.29, 0.717) is 11.1 Å². The van der Waals surface area contributed by atoms with E-state index in [1.165, 1.54) is 17.5 Å². The largest absolute Gasteiger partial charge is 0.399 e. The summed E-state index contributed by atoms with van der Waals surface area (Å²) in [5.41, 5.74) is 7.86. The summed E-state index contributed by atoms with van der Waals surface area (Å²) in [5.74, 6) is 0. The SMILES string of the molecule is Cc1csc(CNS(=O)(=O)c2c[nH]c3ccc(N)cc23)n1. The number of aromatic nitrogens is 2. The number of aryl methyl sites for hydroxylation is 1. The minimum Gasteiger partial charge on any atom is -0.399 e. The van der Waals surface area contributed by atoms with E-state index in [9.17, 15) is 8.42 Å². The summed E-state index contributed by atoms with van der Waals surface area (Å²) in [6, 6.07) is 5.13. The van der Waals surface area contributed by atoms with E-state index in [1.807, 2.05) is 12.3 Å². The van der Waals surface area contributed by atoms with Gasteiger partial charge in [-0.05, 0) is 25.1 Å². The number of benzene rings is 1. The Bertz CT molecular complexity index is 896. The summed E-state index contributed by atoms with van der Waals surface area (Å²) in [7, 11) is -3.62. The van der Waals surface area contributed by atoms with Crippen molar-refractivity contribution < 1.29 is 8.42 Å². The molecule has 0 radical (unpaired) electrons. The average molecular weight is 322 g/mol. The Balaban J connectivity index is 1.91. The van der Waals surface area contributed by atoms with Crippen LogP contribution in [0.4, 0.5) is 5.69 Å². The second-order valence-electron chi connectivity index (χ2n) is 4.67. The van der Waals surface area contributed by atoms with E-state index in [2.05, 4.69) is 14.7 Å². The predicted octanol–water partition coefficient (Wildman–Crippen LogP) is 1.99. The molecular weight excluding hydrogens is 308 g/mol. The first-order valence-corrected chi connectivity index (χ1v) is 8.59. The molecule has 0 saturated heterocycles. The molecule has 8 heteroatoms. The second kappa shape index (κ2) is 5.14. The lowest BCUT2D eigenvalue weighted by atomic mass is 10.2. The van der Waals surface area contributed by atoms with Gasteiger partial charge in [0.15, 0.2) is 0 Å². The lowest BCUT2D eigenvalue weighted by Crippen LogP contribution is -2.23. The normalized spacial score (nSPS) is 12.0. The number of nitrogens with one attached hydrogen (secondary N) is 2. The molecule has 0 fully saturated rings. The number of anilines is 1. The number of H-pyrrole nitrogens is 1. The number of thiazole rings is 1. The Labute approximate surface area is 126 Å². The highest BCUT2D eigenvalue weighted by Crippen LogP contribution is 2.24. The summed E-state index contributed by atoms with van der Waals surface area (Å²) >= 11 is 1.43. The first-order chi connectivity index (χ1) is 9.95. The standard InChI is InChI=1S/C13H14N4O2S2/c1-8-7-20-13(17-8)6-16-21(18,19)12-5-15-11-3-2-9(14)4-10(11)12/h2-5,7,15-16H,6,14H2,1H3. The highest BCUT2D eigenvalue weighted by atomic mass is 32.2. The third-order valence-electron chi connectivity index (χ3n) is 3.04. The molecule has 4 N–H and O–H groups in total. The fourth-order valence-corrected chi connectivity index (χ4v) is 4.01. The minimum atomic E-state index is -3.62. The van der Waals surface area contributed by atoms with Gasteiger partial charge in [-0.1, -0.05) is 0 Å². The highest BCUT2D eigenvalue weighted by Gasteiger charge is 2.19. The van der Waals surface area contributed by atoms with E-state index in [1.54, 1.807) is 18.2 Å². The molecule has 2 aromatic heterocycles. The van der Waals surface area contributed by atoms with Gasteiger partial charge in [0.2, 0.25) is 10.0 Å². The molecule has 0 atom stereocenters. The van der Waals surface area contributed by atoms with Gasteiger partial charge < -0.3 is 10.7 Å². The molecule has 3 rings (SSSR count). The number of sulfonamides is 1. The van der Waals surface area contributed by atoms with Crippen LogP contribution >= 0.6 is 11.3 Å².